The molecule has 0 saturated heterocycles. The normalized spacial score (nSPS) is 22.1. The molecule has 18 heavy (non-hydrogen) atoms. The van der Waals surface area contributed by atoms with Crippen molar-refractivity contribution in [3.63, 3.8) is 0 Å². The Kier molecular flexibility index (Phi) is 3.05. The predicted molar refractivity (Wildman–Crippen MR) is 75.7 cm³/mol. The number of nitrogens with one attached hydrogen (secondary N) is 2. The average Bonchev–Trinajstić information content (AvgIpc) is 2.92. The number of hydrogen-bond acceptors (Lipinski definition) is 6. The van der Waals surface area contributed by atoms with Gasteiger partial charge < -0.3 is 5.32 Å². The van der Waals surface area contributed by atoms with Gasteiger partial charge >= 0.3 is 0 Å². The molecule has 0 spiro atoms. The molecular formula is C12H17N5S. The molecule has 6 heteroatoms. The Bertz CT molecular complexity index is 552. The molecule has 2 aromatic heterocycles. The van der Waals surface area contributed by atoms with Gasteiger partial charge in [-0.1, -0.05) is 13.3 Å². The van der Waals surface area contributed by atoms with Crippen molar-refractivity contribution in [1.82, 2.24) is 9.97 Å². The first-order valence-corrected chi connectivity index (χ1v) is 7.18. The molecule has 3 rings (SSSR count). The number of nitrogens with two attached hydrogens (primary N) is 1. The standard InChI is InChI=1S/C12H17N5S/c1-2-3-7-6-9(7)14-10-8-4-5-18-11(8)16-12(15-10)17-13/h4-5,7,9H,2-3,6,13H2,1H3,(H2,14,15,16,17). The lowest BCUT2D eigenvalue weighted by Gasteiger charge is -2.08. The molecule has 0 aliphatic heterocycles. The zero-order valence-electron chi connectivity index (χ0n) is 10.3. The Morgan fingerprint density at radius 2 is 2.39 bits per heavy atom. The number of hydrazine groups is 1. The summed E-state index contributed by atoms with van der Waals surface area (Å²) in [5.74, 6) is 7.57. The Morgan fingerprint density at radius 1 is 1.50 bits per heavy atom. The van der Waals surface area contributed by atoms with Crippen LogP contribution >= 0.6 is 11.3 Å². The first-order chi connectivity index (χ1) is 8.81. The predicted octanol–water partition coefficient (Wildman–Crippen LogP) is 2.58. The van der Waals surface area contributed by atoms with E-state index in [2.05, 4.69) is 33.7 Å². The van der Waals surface area contributed by atoms with Crippen molar-refractivity contribution >= 4 is 33.3 Å². The zero-order chi connectivity index (χ0) is 12.5. The van der Waals surface area contributed by atoms with Gasteiger partial charge in [-0.25, -0.2) is 10.8 Å². The van der Waals surface area contributed by atoms with Crippen LogP contribution in [0.5, 0.6) is 0 Å². The van der Waals surface area contributed by atoms with Crippen molar-refractivity contribution in [2.24, 2.45) is 11.8 Å². The van der Waals surface area contributed by atoms with Gasteiger partial charge in [0.25, 0.3) is 0 Å². The van der Waals surface area contributed by atoms with Crippen LogP contribution in [0.4, 0.5) is 11.8 Å². The number of nitrogen functional groups attached to an aromatic ring is 1. The second-order valence-corrected chi connectivity index (χ2v) is 5.61. The number of aromatic nitrogens is 2. The van der Waals surface area contributed by atoms with E-state index in [1.807, 2.05) is 5.38 Å². The molecule has 0 amide bonds. The van der Waals surface area contributed by atoms with Gasteiger partial charge in [-0.3, -0.25) is 5.43 Å². The molecule has 2 atom stereocenters. The van der Waals surface area contributed by atoms with Crippen molar-refractivity contribution in [2.45, 2.75) is 32.2 Å². The van der Waals surface area contributed by atoms with Gasteiger partial charge in [0, 0.05) is 6.04 Å². The molecule has 2 aromatic rings. The average molecular weight is 263 g/mol. The van der Waals surface area contributed by atoms with E-state index in [9.17, 15) is 0 Å². The highest BCUT2D eigenvalue weighted by Gasteiger charge is 2.36. The number of fused-ring (bicyclic) bond motifs is 1. The Hall–Kier alpha value is -1.40. The number of nitrogens with zero attached hydrogens (tertiary/aromatic N) is 2. The Morgan fingerprint density at radius 3 is 3.17 bits per heavy atom. The highest BCUT2D eigenvalue weighted by Crippen LogP contribution is 2.38. The Balaban J connectivity index is 1.84. The van der Waals surface area contributed by atoms with Crippen molar-refractivity contribution in [2.75, 3.05) is 10.7 Å². The lowest BCUT2D eigenvalue weighted by molar-refractivity contribution is 0.692. The smallest absolute Gasteiger partial charge is 0.240 e. The summed E-state index contributed by atoms with van der Waals surface area (Å²) in [5, 5.41) is 6.63. The molecule has 2 unspecified atom stereocenters. The van der Waals surface area contributed by atoms with E-state index >= 15 is 0 Å². The van der Waals surface area contributed by atoms with E-state index in [0.29, 0.717) is 12.0 Å². The van der Waals surface area contributed by atoms with Crippen molar-refractivity contribution in [3.8, 4) is 0 Å². The van der Waals surface area contributed by atoms with Crippen molar-refractivity contribution in [3.05, 3.63) is 11.4 Å². The summed E-state index contributed by atoms with van der Waals surface area (Å²) < 4.78 is 0. The van der Waals surface area contributed by atoms with E-state index in [0.717, 1.165) is 22.0 Å². The quantitative estimate of drug-likeness (QED) is 0.571. The molecule has 96 valence electrons. The summed E-state index contributed by atoms with van der Waals surface area (Å²) in [6.07, 6.45) is 3.78. The lowest BCUT2D eigenvalue weighted by atomic mass is 10.2. The number of hydrogen-bond donors (Lipinski definition) is 3. The maximum Gasteiger partial charge on any atom is 0.240 e. The fourth-order valence-corrected chi connectivity index (χ4v) is 3.08. The van der Waals surface area contributed by atoms with E-state index in [1.54, 1.807) is 11.3 Å². The summed E-state index contributed by atoms with van der Waals surface area (Å²) in [7, 11) is 0. The van der Waals surface area contributed by atoms with Crippen LogP contribution in [0.2, 0.25) is 0 Å². The highest BCUT2D eigenvalue weighted by molar-refractivity contribution is 7.16. The topological polar surface area (TPSA) is 75.9 Å². The van der Waals surface area contributed by atoms with Crippen LogP contribution < -0.4 is 16.6 Å². The molecule has 0 aromatic carbocycles. The van der Waals surface area contributed by atoms with Gasteiger partial charge in [-0.2, -0.15) is 4.98 Å². The third kappa shape index (κ3) is 2.13. The van der Waals surface area contributed by atoms with Gasteiger partial charge in [-0.15, -0.1) is 11.3 Å². The van der Waals surface area contributed by atoms with Crippen LogP contribution in [0.15, 0.2) is 11.4 Å². The third-order valence-electron chi connectivity index (χ3n) is 3.36. The van der Waals surface area contributed by atoms with Gasteiger partial charge in [0.05, 0.1) is 5.39 Å². The summed E-state index contributed by atoms with van der Waals surface area (Å²) in [4.78, 5) is 9.71. The maximum absolute atomic E-state index is 5.40. The van der Waals surface area contributed by atoms with E-state index in [-0.39, 0.29) is 0 Å². The third-order valence-corrected chi connectivity index (χ3v) is 4.16. The Labute approximate surface area is 110 Å². The number of thiophene rings is 1. The molecule has 1 fully saturated rings. The summed E-state index contributed by atoms with van der Waals surface area (Å²) in [6.45, 7) is 2.23. The molecule has 0 radical (unpaired) electrons. The number of rotatable bonds is 5. The highest BCUT2D eigenvalue weighted by atomic mass is 32.1. The van der Waals surface area contributed by atoms with Gasteiger partial charge in [0.2, 0.25) is 5.95 Å². The lowest BCUT2D eigenvalue weighted by Crippen LogP contribution is -2.13. The monoisotopic (exact) mass is 263 g/mol. The van der Waals surface area contributed by atoms with Crippen LogP contribution in [-0.4, -0.2) is 16.0 Å². The fraction of sp³-hybridized carbons (Fsp3) is 0.500. The molecule has 1 saturated carbocycles. The SMILES string of the molecule is CCCC1CC1Nc1nc(NN)nc2sccc12. The minimum atomic E-state index is 0.472. The summed E-state index contributed by atoms with van der Waals surface area (Å²) in [6, 6.07) is 2.62. The molecule has 4 N–H and O–H groups in total. The fourth-order valence-electron chi connectivity index (χ4n) is 2.32. The minimum Gasteiger partial charge on any atom is -0.366 e. The van der Waals surface area contributed by atoms with Crippen LogP contribution in [0.1, 0.15) is 26.2 Å². The van der Waals surface area contributed by atoms with Crippen LogP contribution in [0.3, 0.4) is 0 Å². The van der Waals surface area contributed by atoms with Gasteiger partial charge in [-0.05, 0) is 30.2 Å². The molecule has 1 aliphatic rings. The molecule has 5 nitrogen and oxygen atoms in total. The van der Waals surface area contributed by atoms with Crippen molar-refractivity contribution in [1.29, 1.82) is 0 Å². The number of anilines is 2. The second-order valence-electron chi connectivity index (χ2n) is 4.71. The van der Waals surface area contributed by atoms with E-state index in [4.69, 9.17) is 5.84 Å². The van der Waals surface area contributed by atoms with Crippen LogP contribution in [0, 0.1) is 5.92 Å². The second kappa shape index (κ2) is 4.70. The van der Waals surface area contributed by atoms with Crippen molar-refractivity contribution < 1.29 is 0 Å². The van der Waals surface area contributed by atoms with Gasteiger partial charge in [0.1, 0.15) is 10.6 Å². The van der Waals surface area contributed by atoms with E-state index in [1.165, 1.54) is 19.3 Å². The minimum absolute atomic E-state index is 0.472. The van der Waals surface area contributed by atoms with E-state index < -0.39 is 0 Å². The first kappa shape index (κ1) is 11.7. The first-order valence-electron chi connectivity index (χ1n) is 6.30. The maximum atomic E-state index is 5.40. The molecular weight excluding hydrogens is 246 g/mol. The summed E-state index contributed by atoms with van der Waals surface area (Å²) >= 11 is 1.60. The summed E-state index contributed by atoms with van der Waals surface area (Å²) in [5.41, 5.74) is 2.52. The van der Waals surface area contributed by atoms with Crippen LogP contribution in [0.25, 0.3) is 10.2 Å². The zero-order valence-corrected chi connectivity index (χ0v) is 11.1. The molecule has 1 aliphatic carbocycles. The van der Waals surface area contributed by atoms with Crippen LogP contribution in [-0.2, 0) is 0 Å². The largest absolute Gasteiger partial charge is 0.366 e. The van der Waals surface area contributed by atoms with Gasteiger partial charge in [0.15, 0.2) is 0 Å². The molecule has 0 bridgehead atoms. The molecule has 2 heterocycles.